The van der Waals surface area contributed by atoms with Crippen LogP contribution in [0.15, 0.2) is 84.0 Å². The van der Waals surface area contributed by atoms with Gasteiger partial charge in [0.05, 0.1) is 29.6 Å². The number of benzene rings is 3. The highest BCUT2D eigenvalue weighted by atomic mass is 35.5. The van der Waals surface area contributed by atoms with Crippen LogP contribution in [0.3, 0.4) is 0 Å². The molecule has 0 aliphatic heterocycles. The average molecular weight is 430 g/mol. The van der Waals surface area contributed by atoms with Crippen molar-refractivity contribution in [2.45, 2.75) is 6.92 Å². The van der Waals surface area contributed by atoms with Gasteiger partial charge in [0, 0.05) is 21.5 Å². The van der Waals surface area contributed by atoms with Crippen LogP contribution < -0.4 is 10.2 Å². The first-order valence-electron chi connectivity index (χ1n) is 9.70. The van der Waals surface area contributed by atoms with Crippen molar-refractivity contribution in [3.05, 3.63) is 95.0 Å². The van der Waals surface area contributed by atoms with Crippen LogP contribution in [-0.2, 0) is 0 Å². The molecule has 1 heterocycles. The molecule has 0 saturated heterocycles. The summed E-state index contributed by atoms with van der Waals surface area (Å²) in [5, 5.41) is 5.69. The van der Waals surface area contributed by atoms with E-state index in [1.165, 1.54) is 0 Å². The molecular formula is C25H20ClN3O2. The predicted octanol–water partition coefficient (Wildman–Crippen LogP) is 5.72. The summed E-state index contributed by atoms with van der Waals surface area (Å²) in [4.78, 5) is 17.8. The summed E-state index contributed by atoms with van der Waals surface area (Å²) in [6.45, 7) is 1.83. The van der Waals surface area contributed by atoms with Crippen LogP contribution in [0.1, 0.15) is 22.8 Å². The number of ether oxygens (including phenoxy) is 1. The second kappa shape index (κ2) is 8.98. The molecule has 6 heteroatoms. The monoisotopic (exact) mass is 429 g/mol. The van der Waals surface area contributed by atoms with Gasteiger partial charge in [-0.2, -0.15) is 5.10 Å². The number of halogens is 1. The minimum atomic E-state index is -0.309. The Labute approximate surface area is 185 Å². The van der Waals surface area contributed by atoms with Crippen molar-refractivity contribution in [2.75, 3.05) is 7.11 Å². The maximum atomic E-state index is 13.1. The van der Waals surface area contributed by atoms with Gasteiger partial charge in [-0.05, 0) is 43.3 Å². The molecule has 0 aliphatic carbocycles. The van der Waals surface area contributed by atoms with Crippen LogP contribution in [0.5, 0.6) is 5.75 Å². The smallest absolute Gasteiger partial charge is 0.272 e. The molecule has 3 aromatic carbocycles. The number of rotatable bonds is 5. The van der Waals surface area contributed by atoms with Gasteiger partial charge in [0.25, 0.3) is 5.91 Å². The molecule has 4 rings (SSSR count). The quantitative estimate of drug-likeness (QED) is 0.326. The molecule has 0 spiro atoms. The number of hydrazone groups is 1. The van der Waals surface area contributed by atoms with E-state index in [9.17, 15) is 4.79 Å². The fourth-order valence-electron chi connectivity index (χ4n) is 3.24. The zero-order chi connectivity index (χ0) is 21.8. The average Bonchev–Trinajstić information content (AvgIpc) is 2.82. The number of aromatic nitrogens is 1. The standard InChI is InChI=1S/C25H20ClN3O2/c1-16(18-6-5-7-20(14-18)31-2)28-29-25(30)22-15-24(17-10-12-19(26)13-11-17)27-23-9-4-3-8-21(22)23/h3-15H,1-2H3,(H,29,30)/b28-16-. The first-order chi connectivity index (χ1) is 15.0. The summed E-state index contributed by atoms with van der Waals surface area (Å²) >= 11 is 6.01. The van der Waals surface area contributed by atoms with E-state index in [0.29, 0.717) is 22.0 Å². The van der Waals surface area contributed by atoms with Gasteiger partial charge in [0.15, 0.2) is 0 Å². The fourth-order valence-corrected chi connectivity index (χ4v) is 3.37. The van der Waals surface area contributed by atoms with Crippen molar-refractivity contribution < 1.29 is 9.53 Å². The van der Waals surface area contributed by atoms with Gasteiger partial charge in [0.1, 0.15) is 5.75 Å². The molecule has 4 aromatic rings. The van der Waals surface area contributed by atoms with Gasteiger partial charge in [0.2, 0.25) is 0 Å². The molecule has 0 fully saturated rings. The van der Waals surface area contributed by atoms with Gasteiger partial charge in [-0.15, -0.1) is 0 Å². The summed E-state index contributed by atoms with van der Waals surface area (Å²) in [6.07, 6.45) is 0. The largest absolute Gasteiger partial charge is 0.497 e. The molecule has 0 bridgehead atoms. The van der Waals surface area contributed by atoms with Crippen LogP contribution in [0.4, 0.5) is 0 Å². The van der Waals surface area contributed by atoms with Crippen molar-refractivity contribution in [1.82, 2.24) is 10.4 Å². The molecule has 0 unspecified atom stereocenters. The molecule has 0 aliphatic rings. The molecule has 0 atom stereocenters. The van der Waals surface area contributed by atoms with Gasteiger partial charge < -0.3 is 4.74 Å². The van der Waals surface area contributed by atoms with Crippen molar-refractivity contribution >= 4 is 34.1 Å². The van der Waals surface area contributed by atoms with E-state index < -0.39 is 0 Å². The number of pyridine rings is 1. The molecule has 1 aromatic heterocycles. The third-order valence-electron chi connectivity index (χ3n) is 4.91. The Bertz CT molecular complexity index is 1280. The highest BCUT2D eigenvalue weighted by molar-refractivity contribution is 6.30. The van der Waals surface area contributed by atoms with E-state index in [-0.39, 0.29) is 5.91 Å². The van der Waals surface area contributed by atoms with Gasteiger partial charge in [-0.3, -0.25) is 4.79 Å². The maximum absolute atomic E-state index is 13.1. The maximum Gasteiger partial charge on any atom is 0.272 e. The van der Waals surface area contributed by atoms with Crippen LogP contribution >= 0.6 is 11.6 Å². The van der Waals surface area contributed by atoms with Crippen molar-refractivity contribution in [3.8, 4) is 17.0 Å². The lowest BCUT2D eigenvalue weighted by molar-refractivity contribution is 0.0956. The third kappa shape index (κ3) is 4.57. The minimum absolute atomic E-state index is 0.309. The Kier molecular flexibility index (Phi) is 5.96. The van der Waals surface area contributed by atoms with Crippen LogP contribution in [0.2, 0.25) is 5.02 Å². The normalized spacial score (nSPS) is 11.4. The van der Waals surface area contributed by atoms with E-state index >= 15 is 0 Å². The van der Waals surface area contributed by atoms with Crippen LogP contribution in [0, 0.1) is 0 Å². The van der Waals surface area contributed by atoms with Crippen LogP contribution in [0.25, 0.3) is 22.2 Å². The van der Waals surface area contributed by atoms with E-state index in [0.717, 1.165) is 27.8 Å². The number of carbonyl (C=O) groups is 1. The summed E-state index contributed by atoms with van der Waals surface area (Å²) in [7, 11) is 1.61. The van der Waals surface area contributed by atoms with Crippen molar-refractivity contribution in [2.24, 2.45) is 5.10 Å². The number of nitrogens with zero attached hydrogens (tertiary/aromatic N) is 2. The Balaban J connectivity index is 1.69. The summed E-state index contributed by atoms with van der Waals surface area (Å²) in [6, 6.07) is 24.2. The Hall–Kier alpha value is -3.70. The highest BCUT2D eigenvalue weighted by Gasteiger charge is 2.14. The molecule has 0 radical (unpaired) electrons. The minimum Gasteiger partial charge on any atom is -0.497 e. The first-order valence-corrected chi connectivity index (χ1v) is 10.1. The lowest BCUT2D eigenvalue weighted by Gasteiger charge is -2.10. The van der Waals surface area contributed by atoms with Crippen molar-refractivity contribution in [3.63, 3.8) is 0 Å². The Morgan fingerprint density at radius 2 is 1.77 bits per heavy atom. The topological polar surface area (TPSA) is 63.6 Å². The van der Waals surface area contributed by atoms with Gasteiger partial charge in [-0.1, -0.05) is 54.1 Å². The summed E-state index contributed by atoms with van der Waals surface area (Å²) < 4.78 is 5.25. The SMILES string of the molecule is COc1cccc(/C(C)=N\NC(=O)c2cc(-c3ccc(Cl)cc3)nc3ccccc23)c1. The third-order valence-corrected chi connectivity index (χ3v) is 5.17. The molecular weight excluding hydrogens is 410 g/mol. The number of fused-ring (bicyclic) bond motifs is 1. The second-order valence-corrected chi connectivity index (χ2v) is 7.39. The summed E-state index contributed by atoms with van der Waals surface area (Å²) in [5.41, 5.74) is 7.00. The number of amides is 1. The molecule has 1 amide bonds. The molecule has 1 N–H and O–H groups in total. The fraction of sp³-hybridized carbons (Fsp3) is 0.0800. The van der Waals surface area contributed by atoms with E-state index in [1.807, 2.05) is 67.6 Å². The van der Waals surface area contributed by atoms with Gasteiger partial charge in [-0.25, -0.2) is 10.4 Å². The molecule has 154 valence electrons. The predicted molar refractivity (Wildman–Crippen MR) is 125 cm³/mol. The molecule has 5 nitrogen and oxygen atoms in total. The van der Waals surface area contributed by atoms with Crippen LogP contribution in [-0.4, -0.2) is 23.7 Å². The number of hydrogen-bond donors (Lipinski definition) is 1. The van der Waals surface area contributed by atoms with Gasteiger partial charge >= 0.3 is 0 Å². The zero-order valence-corrected chi connectivity index (χ0v) is 17.9. The highest BCUT2D eigenvalue weighted by Crippen LogP contribution is 2.26. The summed E-state index contributed by atoms with van der Waals surface area (Å²) in [5.74, 6) is 0.419. The Morgan fingerprint density at radius 1 is 1.00 bits per heavy atom. The van der Waals surface area contributed by atoms with Crippen molar-refractivity contribution in [1.29, 1.82) is 0 Å². The number of methoxy groups -OCH3 is 1. The molecule has 31 heavy (non-hydrogen) atoms. The zero-order valence-electron chi connectivity index (χ0n) is 17.1. The Morgan fingerprint density at radius 3 is 2.55 bits per heavy atom. The lowest BCUT2D eigenvalue weighted by Crippen LogP contribution is -2.20. The van der Waals surface area contributed by atoms with E-state index in [2.05, 4.69) is 10.5 Å². The number of carbonyl (C=O) groups excluding carboxylic acids is 1. The van der Waals surface area contributed by atoms with E-state index in [1.54, 1.807) is 25.3 Å². The second-order valence-electron chi connectivity index (χ2n) is 6.95. The number of para-hydroxylation sites is 1. The molecule has 0 saturated carbocycles. The number of hydrogen-bond acceptors (Lipinski definition) is 4. The van der Waals surface area contributed by atoms with E-state index in [4.69, 9.17) is 21.3 Å². The lowest BCUT2D eigenvalue weighted by atomic mass is 10.0. The first kappa shape index (κ1) is 20.6. The number of nitrogens with one attached hydrogen (secondary N) is 1.